The van der Waals surface area contributed by atoms with Crippen molar-refractivity contribution >= 4 is 83.1 Å². The summed E-state index contributed by atoms with van der Waals surface area (Å²) < 4.78 is 31.4. The van der Waals surface area contributed by atoms with Crippen molar-refractivity contribution < 1.29 is 42.8 Å². The molecule has 0 spiro atoms. The van der Waals surface area contributed by atoms with Crippen molar-refractivity contribution in [1.29, 1.82) is 0 Å². The summed E-state index contributed by atoms with van der Waals surface area (Å²) in [6.45, 7) is 2.81. The highest BCUT2D eigenvalue weighted by atomic mass is 16.5. The SMILES string of the molecule is CNC(=O)CC(c1ccc2c(OC)n[nH]c2c1)c1ccccn1.CNC(=O)C[C@@H](c1ccc2c(OC)n[nH]c2c1)c1ccccn1.CNC(=O)C[C@H](c1ccc2c(OC)n[nH]c2c1)c1ccccn1.CNCCC(c1ccc2c(OC)n[nH]c2c1)c1ccccn1.CNCC[C@@H](c1ccc2c(OC)n[nH]c2c1)c1ccccn1.CNCC[C@H](c1ccc2c(OC)n[nH]c2c1)c1ccccn1. The van der Waals surface area contributed by atoms with Crippen LogP contribution in [0.25, 0.3) is 65.4 Å². The fourth-order valence-corrected chi connectivity index (χ4v) is 16.2. The summed E-state index contributed by atoms with van der Waals surface area (Å²) in [5, 5.41) is 66.3. The van der Waals surface area contributed by atoms with E-state index in [9.17, 15) is 14.4 Å². The van der Waals surface area contributed by atoms with Crippen LogP contribution in [0, 0.1) is 0 Å². The Morgan fingerprint density at radius 2 is 0.430 bits per heavy atom. The predicted octanol–water partition coefficient (Wildman–Crippen LogP) is 14.8. The number of aromatic nitrogens is 18. The minimum atomic E-state index is -0.116. The van der Waals surface area contributed by atoms with Crippen LogP contribution < -0.4 is 60.3 Å². The molecule has 135 heavy (non-hydrogen) atoms. The molecular formula is C102H114N24O9. The van der Waals surface area contributed by atoms with Gasteiger partial charge in [0.15, 0.2) is 0 Å². The van der Waals surface area contributed by atoms with Crippen LogP contribution in [0.3, 0.4) is 0 Å². The highest BCUT2D eigenvalue weighted by Gasteiger charge is 2.27. The van der Waals surface area contributed by atoms with Crippen LogP contribution >= 0.6 is 0 Å². The highest BCUT2D eigenvalue weighted by molar-refractivity contribution is 5.90. The monoisotopic (exact) mass is 1820 g/mol. The third kappa shape index (κ3) is 24.7. The van der Waals surface area contributed by atoms with Gasteiger partial charge in [0.05, 0.1) is 108 Å². The van der Waals surface area contributed by atoms with Gasteiger partial charge in [0, 0.05) is 147 Å². The van der Waals surface area contributed by atoms with Gasteiger partial charge in [-0.1, -0.05) is 72.8 Å². The standard InChI is InChI=1S/3C17H18N4O2.3C17H20N4O/c3*1-18-16(22)10-13(14-5-3-4-8-19-14)11-6-7-12-15(9-11)20-21-17(12)23-2;3*1-18-10-8-13(15-5-3-4-9-19-15)12-6-7-14-16(11-12)20-21-17(14)22-2/h3*3-9,13H,10H2,1-2H3,(H,18,22)(H,20,21);3*3-7,9,11,13,18H,8,10H2,1-2H3,(H,20,21)/t2*13-;;2*13-;/m10.10./s1. The van der Waals surface area contributed by atoms with Crippen molar-refractivity contribution in [3.8, 4) is 35.3 Å². The van der Waals surface area contributed by atoms with E-state index in [4.69, 9.17) is 28.4 Å². The van der Waals surface area contributed by atoms with Gasteiger partial charge in [-0.25, -0.2) is 0 Å². The summed E-state index contributed by atoms with van der Waals surface area (Å²) in [4.78, 5) is 62.5. The van der Waals surface area contributed by atoms with Gasteiger partial charge in [-0.15, -0.1) is 30.6 Å². The van der Waals surface area contributed by atoms with Crippen LogP contribution in [-0.2, 0) is 14.4 Å². The van der Waals surface area contributed by atoms with Crippen molar-refractivity contribution in [2.45, 2.75) is 74.0 Å². The number of ether oxygens (including phenoxy) is 6. The molecule has 0 aliphatic carbocycles. The fraction of sp³-hybridized carbons (Fsp3) is 0.265. The maximum atomic E-state index is 11.9. The number of nitrogens with one attached hydrogen (secondary N) is 12. The van der Waals surface area contributed by atoms with Gasteiger partial charge in [0.1, 0.15) is 0 Å². The lowest BCUT2D eigenvalue weighted by molar-refractivity contribution is -0.121. The molecule has 6 atom stereocenters. The summed E-state index contributed by atoms with van der Waals surface area (Å²) in [7, 11) is 20.5. The van der Waals surface area contributed by atoms with Gasteiger partial charge in [-0.05, 0) is 239 Å². The number of H-pyrrole nitrogens is 6. The summed E-state index contributed by atoms with van der Waals surface area (Å²) in [5.41, 5.74) is 18.1. The molecule has 2 unspecified atom stereocenters. The van der Waals surface area contributed by atoms with E-state index in [0.717, 1.165) is 155 Å². The molecule has 0 bridgehead atoms. The first kappa shape index (κ1) is 96.7. The number of aromatic amines is 6. The first-order valence-electron chi connectivity index (χ1n) is 44.3. The largest absolute Gasteiger partial charge is 0.480 e. The average Bonchev–Trinajstić information content (AvgIpc) is 1.65. The Morgan fingerprint density at radius 1 is 0.252 bits per heavy atom. The highest BCUT2D eigenvalue weighted by Crippen LogP contribution is 2.39. The zero-order valence-corrected chi connectivity index (χ0v) is 77.6. The van der Waals surface area contributed by atoms with Crippen molar-refractivity contribution in [2.24, 2.45) is 0 Å². The van der Waals surface area contributed by atoms with Crippen molar-refractivity contribution in [3.05, 3.63) is 323 Å². The Balaban J connectivity index is 0.000000137. The Kier molecular flexibility index (Phi) is 35.0. The molecule has 0 radical (unpaired) electrons. The molecule has 0 aliphatic heterocycles. The molecule has 0 saturated heterocycles. The molecule has 6 aromatic carbocycles. The predicted molar refractivity (Wildman–Crippen MR) is 524 cm³/mol. The average molecular weight is 1820 g/mol. The lowest BCUT2D eigenvalue weighted by Gasteiger charge is -2.17. The smallest absolute Gasteiger partial charge is 0.240 e. The number of pyridine rings is 6. The third-order valence-electron chi connectivity index (χ3n) is 23.2. The Bertz CT molecular complexity index is 6100. The normalized spacial score (nSPS) is 12.3. The van der Waals surface area contributed by atoms with Crippen LogP contribution in [0.4, 0.5) is 0 Å². The maximum absolute atomic E-state index is 11.9. The van der Waals surface area contributed by atoms with E-state index in [2.05, 4.69) is 196 Å². The van der Waals surface area contributed by atoms with Crippen molar-refractivity contribution in [2.75, 3.05) is 105 Å². The van der Waals surface area contributed by atoms with Crippen LogP contribution in [0.15, 0.2) is 256 Å². The second-order valence-corrected chi connectivity index (χ2v) is 31.4. The minimum Gasteiger partial charge on any atom is -0.480 e. The van der Waals surface area contributed by atoms with Gasteiger partial charge in [0.25, 0.3) is 0 Å². The second kappa shape index (κ2) is 48.9. The molecule has 0 aliphatic rings. The van der Waals surface area contributed by atoms with Gasteiger partial charge < -0.3 is 60.3 Å². The first-order valence-corrected chi connectivity index (χ1v) is 44.3. The number of nitrogens with zero attached hydrogens (tertiary/aromatic N) is 12. The van der Waals surface area contributed by atoms with E-state index in [-0.39, 0.29) is 53.2 Å². The molecule has 0 fully saturated rings. The molecule has 18 aromatic rings. The number of amides is 3. The van der Waals surface area contributed by atoms with Crippen molar-refractivity contribution in [3.63, 3.8) is 0 Å². The number of hydrogen-bond acceptors (Lipinski definition) is 24. The van der Waals surface area contributed by atoms with Gasteiger partial charge in [-0.2, -0.15) is 0 Å². The van der Waals surface area contributed by atoms with Gasteiger partial charge in [-0.3, -0.25) is 74.9 Å². The second-order valence-electron chi connectivity index (χ2n) is 31.4. The van der Waals surface area contributed by atoms with E-state index in [1.54, 1.807) is 82.4 Å². The fourth-order valence-electron chi connectivity index (χ4n) is 16.2. The number of carbonyl (C=O) groups is 3. The molecule has 0 saturated carbocycles. The molecule has 3 amide bonds. The minimum absolute atomic E-state index is 0.0251. The number of rotatable bonds is 33. The van der Waals surface area contributed by atoms with Crippen LogP contribution in [0.1, 0.15) is 142 Å². The quantitative estimate of drug-likeness (QED) is 0.0182. The topological polar surface area (TPSA) is 428 Å². The molecule has 12 heterocycles. The van der Waals surface area contributed by atoms with Crippen molar-refractivity contribution in [1.82, 2.24) is 123 Å². The lowest BCUT2D eigenvalue weighted by Crippen LogP contribution is -2.21. The summed E-state index contributed by atoms with van der Waals surface area (Å²) in [6, 6.07) is 72.2. The zero-order valence-electron chi connectivity index (χ0n) is 77.6. The van der Waals surface area contributed by atoms with Gasteiger partial charge >= 0.3 is 0 Å². The number of hydrogen-bond donors (Lipinski definition) is 12. The molecule has 12 aromatic heterocycles. The zero-order chi connectivity index (χ0) is 94.8. The van der Waals surface area contributed by atoms with Crippen LogP contribution in [-0.4, -0.2) is 213 Å². The Morgan fingerprint density at radius 3 is 0.585 bits per heavy atom. The summed E-state index contributed by atoms with van der Waals surface area (Å²) in [5.74, 6) is 3.93. The van der Waals surface area contributed by atoms with E-state index in [1.165, 1.54) is 16.7 Å². The number of methoxy groups -OCH3 is 6. The molecular weight excluding hydrogens is 1710 g/mol. The molecule has 696 valence electrons. The van der Waals surface area contributed by atoms with Gasteiger partial charge in [0.2, 0.25) is 53.0 Å². The molecule has 33 nitrogen and oxygen atoms in total. The van der Waals surface area contributed by atoms with E-state index >= 15 is 0 Å². The molecule has 12 N–H and O–H groups in total. The molecule has 33 heteroatoms. The summed E-state index contributed by atoms with van der Waals surface area (Å²) >= 11 is 0. The van der Waals surface area contributed by atoms with E-state index in [1.807, 2.05) is 185 Å². The maximum Gasteiger partial charge on any atom is 0.240 e. The van der Waals surface area contributed by atoms with Crippen LogP contribution in [0.5, 0.6) is 35.3 Å². The lowest BCUT2D eigenvalue weighted by atomic mass is 9.91. The third-order valence-corrected chi connectivity index (χ3v) is 23.2. The summed E-state index contributed by atoms with van der Waals surface area (Å²) in [6.07, 6.45) is 14.7. The Labute approximate surface area is 781 Å². The molecule has 18 rings (SSSR count). The number of benzene rings is 6. The number of fused-ring (bicyclic) bond motifs is 6. The number of carbonyl (C=O) groups excluding carboxylic acids is 3. The Hall–Kier alpha value is -15.9. The van der Waals surface area contributed by atoms with E-state index < -0.39 is 0 Å². The first-order chi connectivity index (χ1) is 66.2. The van der Waals surface area contributed by atoms with E-state index in [0.29, 0.717) is 54.5 Å². The van der Waals surface area contributed by atoms with Crippen LogP contribution in [0.2, 0.25) is 0 Å².